The second kappa shape index (κ2) is 11.2. The summed E-state index contributed by atoms with van der Waals surface area (Å²) in [6, 6.07) is 30.5. The summed E-state index contributed by atoms with van der Waals surface area (Å²) in [6.45, 7) is 9.76. The van der Waals surface area contributed by atoms with Gasteiger partial charge in [0, 0.05) is 11.9 Å². The molecule has 0 amide bonds. The van der Waals surface area contributed by atoms with Gasteiger partial charge in [-0.2, -0.15) is 18.2 Å². The molecule has 0 N–H and O–H groups in total. The van der Waals surface area contributed by atoms with Crippen LogP contribution >= 0.6 is 0 Å². The van der Waals surface area contributed by atoms with Gasteiger partial charge in [0.1, 0.15) is 5.75 Å². The van der Waals surface area contributed by atoms with E-state index in [9.17, 15) is 0 Å². The number of nitrogens with zero attached hydrogens (tertiary/aromatic N) is 3. The van der Waals surface area contributed by atoms with Crippen LogP contribution in [0.4, 0.5) is 0 Å². The smallest absolute Gasteiger partial charge is 0.527 e. The molecule has 1 aliphatic heterocycles. The zero-order chi connectivity index (χ0) is 24.4. The molecule has 0 spiro atoms. The second-order valence-corrected chi connectivity index (χ2v) is 9.42. The Hall–Kier alpha value is -3.27. The van der Waals surface area contributed by atoms with E-state index in [0.29, 0.717) is 11.8 Å². The standard InChI is InChI=1S/C20H21N2O.C11H8N.Ir/c1-13(2)11-21-12-22-17-9-5-7-15(14(3)4)20(17)23-18-10-6-8-16(21)19(18)22;1-2-6-10(7-3-1)11-8-4-5-9-12-11;/h5-8,10,13-14H,11H2,1-4H3;1-6,8-9H;/q2*-1;+3. The second-order valence-electron chi connectivity index (χ2n) is 9.42. The van der Waals surface area contributed by atoms with Gasteiger partial charge in [-0.3, -0.25) is 0 Å². The van der Waals surface area contributed by atoms with Gasteiger partial charge in [-0.05, 0) is 35.3 Å². The molecule has 4 nitrogen and oxygen atoms in total. The third-order valence-electron chi connectivity index (χ3n) is 5.93. The van der Waals surface area contributed by atoms with Crippen LogP contribution in [-0.2, 0) is 26.7 Å². The normalized spacial score (nSPS) is 11.4. The minimum Gasteiger partial charge on any atom is -0.527 e. The van der Waals surface area contributed by atoms with Crippen molar-refractivity contribution in [2.75, 3.05) is 0 Å². The maximum atomic E-state index is 6.27. The van der Waals surface area contributed by atoms with E-state index in [1.807, 2.05) is 54.6 Å². The number of imidazole rings is 1. The van der Waals surface area contributed by atoms with E-state index in [2.05, 4.69) is 78.5 Å². The van der Waals surface area contributed by atoms with E-state index in [4.69, 9.17) is 4.74 Å². The summed E-state index contributed by atoms with van der Waals surface area (Å²) in [6.07, 6.45) is 5.30. The van der Waals surface area contributed by atoms with Crippen LogP contribution in [0.1, 0.15) is 39.2 Å². The topological polar surface area (TPSA) is 30.9 Å². The minimum absolute atomic E-state index is 0. The summed E-state index contributed by atoms with van der Waals surface area (Å²) in [5.41, 5.74) is 6.42. The van der Waals surface area contributed by atoms with Crippen LogP contribution in [0.5, 0.6) is 11.5 Å². The van der Waals surface area contributed by atoms with Crippen molar-refractivity contribution in [1.82, 2.24) is 9.55 Å². The summed E-state index contributed by atoms with van der Waals surface area (Å²) in [5, 5.41) is 0. The Kier molecular flexibility index (Phi) is 8.03. The van der Waals surface area contributed by atoms with Crippen LogP contribution in [0.15, 0.2) is 79.0 Å². The first-order valence-corrected chi connectivity index (χ1v) is 12.1. The van der Waals surface area contributed by atoms with E-state index >= 15 is 0 Å². The fourth-order valence-corrected chi connectivity index (χ4v) is 4.33. The summed E-state index contributed by atoms with van der Waals surface area (Å²) >= 11 is 0. The largest absolute Gasteiger partial charge is 3.00 e. The van der Waals surface area contributed by atoms with Crippen LogP contribution < -0.4 is 9.30 Å². The van der Waals surface area contributed by atoms with Crippen molar-refractivity contribution < 1.29 is 29.4 Å². The Morgan fingerprint density at radius 3 is 2.44 bits per heavy atom. The molecule has 0 unspecified atom stereocenters. The Morgan fingerprint density at radius 1 is 0.917 bits per heavy atom. The summed E-state index contributed by atoms with van der Waals surface area (Å²) in [5.74, 6) is 2.77. The van der Waals surface area contributed by atoms with E-state index in [0.717, 1.165) is 46.0 Å². The molecular weight excluding hydrogens is 623 g/mol. The van der Waals surface area contributed by atoms with Crippen molar-refractivity contribution in [3.05, 3.63) is 103 Å². The van der Waals surface area contributed by atoms with Gasteiger partial charge in [-0.1, -0.05) is 52.0 Å². The Bertz CT molecular complexity index is 1410. The number of benzene rings is 3. The SMILES string of the molecule is CC(C)Cn1[c-][n+]2c3c(cccc31)Oc1c-2[c-]ccc1C(C)C.[Ir+3].[c-]1ccccc1-c1ccccn1. The average Bonchev–Trinajstić information content (AvgIpc) is 3.24. The molecule has 6 rings (SSSR count). The molecule has 2 aromatic heterocycles. The van der Waals surface area contributed by atoms with Gasteiger partial charge in [0.05, 0.1) is 17.6 Å². The van der Waals surface area contributed by atoms with Crippen molar-refractivity contribution in [2.45, 2.75) is 40.2 Å². The van der Waals surface area contributed by atoms with Crippen LogP contribution in [-0.4, -0.2) is 9.55 Å². The number of ether oxygens (including phenoxy) is 1. The molecule has 3 aromatic carbocycles. The predicted molar refractivity (Wildman–Crippen MR) is 139 cm³/mol. The quantitative estimate of drug-likeness (QED) is 0.153. The van der Waals surface area contributed by atoms with Crippen LogP contribution in [0.2, 0.25) is 0 Å². The van der Waals surface area contributed by atoms with E-state index in [1.165, 1.54) is 5.56 Å². The molecule has 0 saturated heterocycles. The first-order chi connectivity index (χ1) is 17.0. The molecule has 5 aromatic rings. The first kappa shape index (κ1) is 25.8. The van der Waals surface area contributed by atoms with Crippen LogP contribution in [0.25, 0.3) is 28.0 Å². The van der Waals surface area contributed by atoms with Gasteiger partial charge in [0.25, 0.3) is 0 Å². The maximum Gasteiger partial charge on any atom is 3.00 e. The predicted octanol–water partition coefficient (Wildman–Crippen LogP) is 6.95. The maximum absolute atomic E-state index is 6.27. The fraction of sp³-hybridized carbons (Fsp3) is 0.226. The van der Waals surface area contributed by atoms with Crippen molar-refractivity contribution in [2.24, 2.45) is 5.92 Å². The van der Waals surface area contributed by atoms with Gasteiger partial charge < -0.3 is 18.9 Å². The third-order valence-corrected chi connectivity index (χ3v) is 5.93. The number of rotatable bonds is 4. The molecule has 0 bridgehead atoms. The number of hydrogen-bond donors (Lipinski definition) is 0. The number of para-hydroxylation sites is 1. The molecule has 36 heavy (non-hydrogen) atoms. The zero-order valence-electron chi connectivity index (χ0n) is 21.0. The summed E-state index contributed by atoms with van der Waals surface area (Å²) in [7, 11) is 0. The number of aromatic nitrogens is 3. The van der Waals surface area contributed by atoms with Crippen molar-refractivity contribution in [3.8, 4) is 28.4 Å². The van der Waals surface area contributed by atoms with Gasteiger partial charge in [-0.15, -0.1) is 41.5 Å². The number of fused-ring (bicyclic) bond motifs is 2. The van der Waals surface area contributed by atoms with Crippen molar-refractivity contribution in [3.63, 3.8) is 0 Å². The van der Waals surface area contributed by atoms with E-state index in [1.54, 1.807) is 6.20 Å². The molecule has 182 valence electrons. The van der Waals surface area contributed by atoms with Gasteiger partial charge in [0.15, 0.2) is 0 Å². The number of hydrogen-bond acceptors (Lipinski definition) is 2. The fourth-order valence-electron chi connectivity index (χ4n) is 4.33. The van der Waals surface area contributed by atoms with E-state index < -0.39 is 0 Å². The van der Waals surface area contributed by atoms with Crippen molar-refractivity contribution in [1.29, 1.82) is 0 Å². The average molecular weight is 652 g/mol. The van der Waals surface area contributed by atoms with Gasteiger partial charge >= 0.3 is 20.1 Å². The molecule has 0 fully saturated rings. The first-order valence-electron chi connectivity index (χ1n) is 12.1. The zero-order valence-corrected chi connectivity index (χ0v) is 23.3. The molecule has 0 saturated carbocycles. The third kappa shape index (κ3) is 5.13. The molecular formula is C31H29IrN3O+. The Morgan fingerprint density at radius 2 is 1.75 bits per heavy atom. The van der Waals surface area contributed by atoms with E-state index in [-0.39, 0.29) is 20.1 Å². The minimum atomic E-state index is 0. The molecule has 5 heteroatoms. The van der Waals surface area contributed by atoms with Crippen LogP contribution in [0, 0.1) is 24.4 Å². The Labute approximate surface area is 226 Å². The summed E-state index contributed by atoms with van der Waals surface area (Å²) < 4.78 is 10.6. The molecule has 0 atom stereocenters. The number of pyridine rings is 1. The Balaban J connectivity index is 0.000000198. The molecule has 0 radical (unpaired) electrons. The molecule has 1 aliphatic rings. The van der Waals surface area contributed by atoms with Gasteiger partial charge in [-0.25, -0.2) is 0 Å². The van der Waals surface area contributed by atoms with Gasteiger partial charge in [0.2, 0.25) is 6.33 Å². The summed E-state index contributed by atoms with van der Waals surface area (Å²) in [4.78, 5) is 4.22. The van der Waals surface area contributed by atoms with Crippen LogP contribution in [0.3, 0.4) is 0 Å². The molecule has 3 heterocycles. The monoisotopic (exact) mass is 652 g/mol. The molecule has 0 aliphatic carbocycles. The van der Waals surface area contributed by atoms with Crippen molar-refractivity contribution >= 4 is 11.0 Å².